The van der Waals surface area contributed by atoms with Crippen LogP contribution in [0.2, 0.25) is 0 Å². The third kappa shape index (κ3) is 3.80. The average Bonchev–Trinajstić information content (AvgIpc) is 2.46. The van der Waals surface area contributed by atoms with Crippen LogP contribution < -0.4 is 11.5 Å². The Morgan fingerprint density at radius 2 is 1.81 bits per heavy atom. The van der Waals surface area contributed by atoms with Gasteiger partial charge in [-0.3, -0.25) is 0 Å². The molecular weight excluding hydrogens is 260 g/mol. The van der Waals surface area contributed by atoms with Crippen LogP contribution in [0.1, 0.15) is 72.6 Å². The predicted molar refractivity (Wildman–Crippen MR) is 89.0 cm³/mol. The van der Waals surface area contributed by atoms with E-state index >= 15 is 0 Å². The summed E-state index contributed by atoms with van der Waals surface area (Å²) in [6, 6.07) is 0.694. The number of hydrogen-bond acceptors (Lipinski definition) is 3. The van der Waals surface area contributed by atoms with Crippen LogP contribution in [0.4, 0.5) is 0 Å². The lowest BCUT2D eigenvalue weighted by Gasteiger charge is -2.48. The highest BCUT2D eigenvalue weighted by Gasteiger charge is 2.43. The van der Waals surface area contributed by atoms with E-state index in [0.29, 0.717) is 36.1 Å². The van der Waals surface area contributed by atoms with Crippen molar-refractivity contribution < 1.29 is 4.74 Å². The Labute approximate surface area is 131 Å². The lowest BCUT2D eigenvalue weighted by Crippen LogP contribution is -2.52. The summed E-state index contributed by atoms with van der Waals surface area (Å²) in [7, 11) is 0. The fourth-order valence-electron chi connectivity index (χ4n) is 4.46. The second-order valence-corrected chi connectivity index (χ2v) is 7.98. The molecule has 7 unspecified atom stereocenters. The topological polar surface area (TPSA) is 61.3 Å². The first-order valence-corrected chi connectivity index (χ1v) is 9.06. The number of hydrogen-bond donors (Lipinski definition) is 2. The van der Waals surface area contributed by atoms with Gasteiger partial charge in [0.2, 0.25) is 0 Å². The molecule has 4 N–H and O–H groups in total. The first-order valence-electron chi connectivity index (χ1n) is 9.06. The molecule has 2 aliphatic rings. The summed E-state index contributed by atoms with van der Waals surface area (Å²) in [5, 5.41) is 0. The van der Waals surface area contributed by atoms with Crippen molar-refractivity contribution in [3.8, 4) is 0 Å². The van der Waals surface area contributed by atoms with E-state index in [2.05, 4.69) is 27.7 Å². The molecule has 2 rings (SSSR count). The van der Waals surface area contributed by atoms with Crippen molar-refractivity contribution in [1.82, 2.24) is 0 Å². The predicted octanol–water partition coefficient (Wildman–Crippen LogP) is 3.45. The molecular formula is C18H36N2O. The minimum Gasteiger partial charge on any atom is -0.375 e. The molecule has 7 atom stereocenters. The highest BCUT2D eigenvalue weighted by molar-refractivity contribution is 4.97. The van der Waals surface area contributed by atoms with Crippen LogP contribution in [0.5, 0.6) is 0 Å². The normalized spacial score (nSPS) is 48.3. The molecule has 2 aliphatic carbocycles. The number of nitrogens with two attached hydrogens (primary N) is 2. The van der Waals surface area contributed by atoms with Crippen molar-refractivity contribution in [2.45, 2.75) is 96.9 Å². The molecule has 3 nitrogen and oxygen atoms in total. The molecule has 0 aromatic heterocycles. The van der Waals surface area contributed by atoms with E-state index in [1.807, 2.05) is 0 Å². The number of rotatable bonds is 4. The Kier molecular flexibility index (Phi) is 5.72. The van der Waals surface area contributed by atoms with E-state index in [0.717, 1.165) is 38.5 Å². The molecule has 0 aromatic rings. The van der Waals surface area contributed by atoms with Crippen LogP contribution in [0, 0.1) is 17.3 Å². The monoisotopic (exact) mass is 296 g/mol. The maximum absolute atomic E-state index is 6.54. The van der Waals surface area contributed by atoms with E-state index in [4.69, 9.17) is 16.2 Å². The Morgan fingerprint density at radius 1 is 1.10 bits per heavy atom. The van der Waals surface area contributed by atoms with Gasteiger partial charge >= 0.3 is 0 Å². The van der Waals surface area contributed by atoms with Crippen molar-refractivity contribution in [3.63, 3.8) is 0 Å². The summed E-state index contributed by atoms with van der Waals surface area (Å²) in [4.78, 5) is 0. The van der Waals surface area contributed by atoms with Gasteiger partial charge in [-0.1, -0.05) is 34.1 Å². The summed E-state index contributed by atoms with van der Waals surface area (Å²) in [5.74, 6) is 1.20. The summed E-state index contributed by atoms with van der Waals surface area (Å²) in [6.07, 6.45) is 8.77. The molecule has 0 heterocycles. The van der Waals surface area contributed by atoms with Gasteiger partial charge in [0, 0.05) is 12.1 Å². The van der Waals surface area contributed by atoms with Gasteiger partial charge in [-0.2, -0.15) is 0 Å². The first-order chi connectivity index (χ1) is 9.89. The largest absolute Gasteiger partial charge is 0.375 e. The molecule has 2 fully saturated rings. The van der Waals surface area contributed by atoms with Crippen LogP contribution in [0.25, 0.3) is 0 Å². The zero-order valence-corrected chi connectivity index (χ0v) is 14.5. The maximum atomic E-state index is 6.54. The zero-order valence-electron chi connectivity index (χ0n) is 14.5. The molecule has 0 aliphatic heterocycles. The fraction of sp³-hybridized carbons (Fsp3) is 1.00. The summed E-state index contributed by atoms with van der Waals surface area (Å²) < 4.78 is 6.52. The Bertz CT molecular complexity index is 335. The summed E-state index contributed by atoms with van der Waals surface area (Å²) in [6.45, 7) is 9.17. The zero-order chi connectivity index (χ0) is 15.6. The lowest BCUT2D eigenvalue weighted by atomic mass is 9.64. The highest BCUT2D eigenvalue weighted by Crippen LogP contribution is 2.44. The molecule has 0 saturated heterocycles. The second-order valence-electron chi connectivity index (χ2n) is 7.98. The second kappa shape index (κ2) is 6.97. The molecule has 0 bridgehead atoms. The van der Waals surface area contributed by atoms with E-state index in [-0.39, 0.29) is 5.41 Å². The Morgan fingerprint density at radius 3 is 2.38 bits per heavy atom. The van der Waals surface area contributed by atoms with Gasteiger partial charge in [0.1, 0.15) is 0 Å². The van der Waals surface area contributed by atoms with Crippen LogP contribution in [0.15, 0.2) is 0 Å². The molecule has 0 radical (unpaired) electrons. The van der Waals surface area contributed by atoms with Gasteiger partial charge in [-0.05, 0) is 55.8 Å². The average molecular weight is 296 g/mol. The minimum absolute atomic E-state index is 0.236. The molecule has 124 valence electrons. The SMILES string of the molecule is CCC1CC(OC2CCC(N)C(C)C2)CC(C)(CC)C1N. The van der Waals surface area contributed by atoms with Gasteiger partial charge in [-0.25, -0.2) is 0 Å². The fourth-order valence-corrected chi connectivity index (χ4v) is 4.46. The first kappa shape index (κ1) is 17.2. The molecule has 21 heavy (non-hydrogen) atoms. The van der Waals surface area contributed by atoms with Gasteiger partial charge in [0.15, 0.2) is 0 Å². The van der Waals surface area contributed by atoms with Crippen molar-refractivity contribution >= 4 is 0 Å². The third-order valence-corrected chi connectivity index (χ3v) is 6.48. The molecule has 2 saturated carbocycles. The van der Waals surface area contributed by atoms with E-state index in [1.165, 1.54) is 6.42 Å². The third-order valence-electron chi connectivity index (χ3n) is 6.48. The Hall–Kier alpha value is -0.120. The van der Waals surface area contributed by atoms with Gasteiger partial charge in [0.25, 0.3) is 0 Å². The standard InChI is InChI=1S/C18H36N2O/c1-5-13-10-15(11-18(4,6-2)17(13)20)21-14-7-8-16(19)12(3)9-14/h12-17H,5-11,19-20H2,1-4H3. The summed E-state index contributed by atoms with van der Waals surface area (Å²) in [5.41, 5.74) is 12.9. The van der Waals surface area contributed by atoms with Gasteiger partial charge in [-0.15, -0.1) is 0 Å². The van der Waals surface area contributed by atoms with Crippen LogP contribution in [-0.4, -0.2) is 24.3 Å². The minimum atomic E-state index is 0.236. The van der Waals surface area contributed by atoms with Gasteiger partial charge < -0.3 is 16.2 Å². The van der Waals surface area contributed by atoms with Crippen molar-refractivity contribution in [3.05, 3.63) is 0 Å². The van der Waals surface area contributed by atoms with E-state index in [9.17, 15) is 0 Å². The van der Waals surface area contributed by atoms with Crippen LogP contribution >= 0.6 is 0 Å². The van der Waals surface area contributed by atoms with Crippen molar-refractivity contribution in [1.29, 1.82) is 0 Å². The molecule has 3 heteroatoms. The maximum Gasteiger partial charge on any atom is 0.0587 e. The van der Waals surface area contributed by atoms with Gasteiger partial charge in [0.05, 0.1) is 12.2 Å². The van der Waals surface area contributed by atoms with Crippen molar-refractivity contribution in [2.75, 3.05) is 0 Å². The summed E-state index contributed by atoms with van der Waals surface area (Å²) >= 11 is 0. The smallest absolute Gasteiger partial charge is 0.0587 e. The quantitative estimate of drug-likeness (QED) is 0.835. The highest BCUT2D eigenvalue weighted by atomic mass is 16.5. The van der Waals surface area contributed by atoms with Crippen LogP contribution in [0.3, 0.4) is 0 Å². The lowest BCUT2D eigenvalue weighted by molar-refractivity contribution is -0.0954. The van der Waals surface area contributed by atoms with Crippen molar-refractivity contribution in [2.24, 2.45) is 28.7 Å². The molecule has 0 spiro atoms. The van der Waals surface area contributed by atoms with Crippen LogP contribution in [-0.2, 0) is 4.74 Å². The Balaban J connectivity index is 1.97. The number of ether oxygens (including phenoxy) is 1. The molecule has 0 amide bonds. The van der Waals surface area contributed by atoms with E-state index in [1.54, 1.807) is 0 Å². The van der Waals surface area contributed by atoms with E-state index < -0.39 is 0 Å². The molecule has 0 aromatic carbocycles.